The van der Waals surface area contributed by atoms with E-state index in [1.54, 1.807) is 42.3 Å². The number of likely N-dealkylation sites (tertiary alicyclic amines) is 1. The van der Waals surface area contributed by atoms with Crippen molar-refractivity contribution in [2.24, 2.45) is 0 Å². The van der Waals surface area contributed by atoms with E-state index in [2.05, 4.69) is 15.0 Å². The number of carbonyl (C=O) groups is 3. The summed E-state index contributed by atoms with van der Waals surface area (Å²) in [5.41, 5.74) is 4.82. The molecule has 0 saturated carbocycles. The van der Waals surface area contributed by atoms with Crippen LogP contribution in [0.2, 0.25) is 0 Å². The second-order valence-electron chi connectivity index (χ2n) is 12.2. The third-order valence-electron chi connectivity index (χ3n) is 8.57. The van der Waals surface area contributed by atoms with Gasteiger partial charge in [0.15, 0.2) is 0 Å². The maximum absolute atomic E-state index is 13.7. The molecule has 1 N–H and O–H groups in total. The van der Waals surface area contributed by atoms with Crippen molar-refractivity contribution in [1.82, 2.24) is 15.1 Å². The molecule has 0 spiro atoms. The Hall–Kier alpha value is -5.16. The predicted molar refractivity (Wildman–Crippen MR) is 184 cm³/mol. The van der Waals surface area contributed by atoms with Gasteiger partial charge < -0.3 is 24.6 Å². The molecule has 8 nitrogen and oxygen atoms in total. The van der Waals surface area contributed by atoms with Crippen LogP contribution in [0.3, 0.4) is 0 Å². The smallest absolute Gasteiger partial charge is 0.491 e. The summed E-state index contributed by atoms with van der Waals surface area (Å²) in [5.74, 6) is -2.05. The number of halogens is 3. The van der Waals surface area contributed by atoms with Crippen LogP contribution < -0.4 is 14.8 Å². The molecule has 262 valence electrons. The SMILES string of the molecule is COc1ccc(CC(=O)N(CCc2ccc(OC(=O)C(F)(F)F)cc2)Cc2cccc(-c3cccc(C(=O)NCCN4CCCC4)c3)c2)cc1. The third-order valence-corrected chi connectivity index (χ3v) is 8.57. The van der Waals surface area contributed by atoms with Gasteiger partial charge in [-0.25, -0.2) is 4.79 Å². The lowest BCUT2D eigenvalue weighted by atomic mass is 10.0. The standard InChI is InChI=1S/C39H40F3N3O5/c1-49-34-14-12-29(13-15-34)25-36(46)45(22-18-28-10-16-35(17-11-28)50-38(48)39(40,41)42)27-30-6-4-7-31(24-30)32-8-5-9-33(26-32)37(47)43-19-23-44-20-2-3-21-44/h4-17,24,26H,2-3,18-23,25,27H2,1H3,(H,43,47). The number of amides is 2. The number of rotatable bonds is 14. The Kier molecular flexibility index (Phi) is 12.3. The van der Waals surface area contributed by atoms with Crippen molar-refractivity contribution in [3.63, 3.8) is 0 Å². The normalized spacial score (nSPS) is 13.1. The third kappa shape index (κ3) is 10.4. The van der Waals surface area contributed by atoms with E-state index in [4.69, 9.17) is 4.74 Å². The van der Waals surface area contributed by atoms with E-state index < -0.39 is 12.1 Å². The van der Waals surface area contributed by atoms with Crippen molar-refractivity contribution in [2.75, 3.05) is 39.8 Å². The molecule has 1 aliphatic heterocycles. The van der Waals surface area contributed by atoms with Crippen LogP contribution in [0.1, 0.15) is 39.9 Å². The Morgan fingerprint density at radius 2 is 1.44 bits per heavy atom. The fourth-order valence-corrected chi connectivity index (χ4v) is 5.82. The molecule has 11 heteroatoms. The Bertz CT molecular complexity index is 1750. The average Bonchev–Trinajstić information content (AvgIpc) is 3.64. The molecule has 0 aliphatic carbocycles. The number of nitrogens with one attached hydrogen (secondary N) is 1. The summed E-state index contributed by atoms with van der Waals surface area (Å²) in [6, 6.07) is 28.3. The molecule has 0 bridgehead atoms. The van der Waals surface area contributed by atoms with Gasteiger partial charge in [0.1, 0.15) is 11.5 Å². The van der Waals surface area contributed by atoms with E-state index in [1.807, 2.05) is 54.6 Å². The molecule has 1 saturated heterocycles. The summed E-state index contributed by atoms with van der Waals surface area (Å²) in [5, 5.41) is 3.03. The van der Waals surface area contributed by atoms with Gasteiger partial charge in [-0.3, -0.25) is 9.59 Å². The molecule has 1 fully saturated rings. The molecule has 5 rings (SSSR count). The molecule has 2 amide bonds. The Morgan fingerprint density at radius 3 is 2.12 bits per heavy atom. The van der Waals surface area contributed by atoms with Crippen LogP contribution in [0.15, 0.2) is 97.1 Å². The lowest BCUT2D eigenvalue weighted by molar-refractivity contribution is -0.189. The van der Waals surface area contributed by atoms with Gasteiger partial charge >= 0.3 is 12.1 Å². The van der Waals surface area contributed by atoms with Crippen molar-refractivity contribution >= 4 is 17.8 Å². The fourth-order valence-electron chi connectivity index (χ4n) is 5.82. The summed E-state index contributed by atoms with van der Waals surface area (Å²) in [6.45, 7) is 4.21. The van der Waals surface area contributed by atoms with Crippen LogP contribution in [-0.4, -0.2) is 73.6 Å². The van der Waals surface area contributed by atoms with Gasteiger partial charge in [-0.15, -0.1) is 0 Å². The summed E-state index contributed by atoms with van der Waals surface area (Å²) < 4.78 is 47.4. The molecular formula is C39H40F3N3O5. The molecule has 0 atom stereocenters. The van der Waals surface area contributed by atoms with E-state index >= 15 is 0 Å². The minimum Gasteiger partial charge on any atom is -0.497 e. The molecule has 0 aromatic heterocycles. The van der Waals surface area contributed by atoms with Gasteiger partial charge in [0.2, 0.25) is 5.91 Å². The van der Waals surface area contributed by atoms with Crippen LogP contribution >= 0.6 is 0 Å². The van der Waals surface area contributed by atoms with Crippen LogP contribution in [0.5, 0.6) is 11.5 Å². The molecule has 4 aromatic carbocycles. The number of hydrogen-bond donors (Lipinski definition) is 1. The maximum atomic E-state index is 13.7. The molecule has 1 aliphatic rings. The molecule has 50 heavy (non-hydrogen) atoms. The van der Waals surface area contributed by atoms with Crippen LogP contribution in [0.4, 0.5) is 13.2 Å². The number of benzene rings is 4. The van der Waals surface area contributed by atoms with Crippen LogP contribution in [0.25, 0.3) is 11.1 Å². The second kappa shape index (κ2) is 17.0. The largest absolute Gasteiger partial charge is 0.497 e. The second-order valence-corrected chi connectivity index (χ2v) is 12.2. The number of esters is 1. The molecule has 0 unspecified atom stereocenters. The first-order chi connectivity index (χ1) is 24.1. The highest BCUT2D eigenvalue weighted by Gasteiger charge is 2.41. The Morgan fingerprint density at radius 1 is 0.800 bits per heavy atom. The van der Waals surface area contributed by atoms with Gasteiger partial charge in [-0.05, 0) is 103 Å². The highest BCUT2D eigenvalue weighted by Crippen LogP contribution is 2.24. The summed E-state index contributed by atoms with van der Waals surface area (Å²) in [6.07, 6.45) is -2.12. The predicted octanol–water partition coefficient (Wildman–Crippen LogP) is 6.47. The Balaban J connectivity index is 1.28. The first kappa shape index (κ1) is 36.1. The first-order valence-corrected chi connectivity index (χ1v) is 16.6. The number of alkyl halides is 3. The van der Waals surface area contributed by atoms with Crippen molar-refractivity contribution in [1.29, 1.82) is 0 Å². The lowest BCUT2D eigenvalue weighted by Crippen LogP contribution is -2.33. The van der Waals surface area contributed by atoms with Crippen LogP contribution in [-0.2, 0) is 29.0 Å². The quantitative estimate of drug-likeness (QED) is 0.121. The first-order valence-electron chi connectivity index (χ1n) is 16.6. The van der Waals surface area contributed by atoms with Gasteiger partial charge in [0, 0.05) is 31.7 Å². The van der Waals surface area contributed by atoms with Crippen molar-refractivity contribution in [2.45, 2.75) is 38.4 Å². The summed E-state index contributed by atoms with van der Waals surface area (Å²) >= 11 is 0. The van der Waals surface area contributed by atoms with E-state index in [0.29, 0.717) is 37.4 Å². The summed E-state index contributed by atoms with van der Waals surface area (Å²) in [4.78, 5) is 41.9. The van der Waals surface area contributed by atoms with E-state index in [0.717, 1.165) is 47.5 Å². The highest BCUT2D eigenvalue weighted by molar-refractivity contribution is 5.95. The number of carbonyl (C=O) groups excluding carboxylic acids is 3. The van der Waals surface area contributed by atoms with Crippen molar-refractivity contribution < 1.29 is 37.0 Å². The number of hydrogen-bond acceptors (Lipinski definition) is 6. The van der Waals surface area contributed by atoms with Gasteiger partial charge in [0.05, 0.1) is 13.5 Å². The van der Waals surface area contributed by atoms with Gasteiger partial charge in [0.25, 0.3) is 5.91 Å². The Labute approximate surface area is 289 Å². The van der Waals surface area contributed by atoms with Gasteiger partial charge in [-0.1, -0.05) is 54.6 Å². The zero-order valence-corrected chi connectivity index (χ0v) is 27.9. The van der Waals surface area contributed by atoms with E-state index in [-0.39, 0.29) is 24.0 Å². The van der Waals surface area contributed by atoms with Gasteiger partial charge in [-0.2, -0.15) is 13.2 Å². The van der Waals surface area contributed by atoms with Crippen LogP contribution in [0, 0.1) is 0 Å². The number of nitrogens with zero attached hydrogens (tertiary/aromatic N) is 2. The monoisotopic (exact) mass is 687 g/mol. The zero-order chi connectivity index (χ0) is 35.5. The molecule has 1 heterocycles. The lowest BCUT2D eigenvalue weighted by Gasteiger charge is -2.24. The van der Waals surface area contributed by atoms with Crippen molar-refractivity contribution in [3.8, 4) is 22.6 Å². The number of methoxy groups -OCH3 is 1. The maximum Gasteiger partial charge on any atom is 0.491 e. The van der Waals surface area contributed by atoms with E-state index in [1.165, 1.54) is 25.0 Å². The zero-order valence-electron chi connectivity index (χ0n) is 27.9. The minimum atomic E-state index is -5.09. The number of ether oxygens (including phenoxy) is 2. The van der Waals surface area contributed by atoms with E-state index in [9.17, 15) is 27.6 Å². The minimum absolute atomic E-state index is 0.108. The molecule has 4 aromatic rings. The molecule has 0 radical (unpaired) electrons. The topological polar surface area (TPSA) is 88.2 Å². The fraction of sp³-hybridized carbons (Fsp3) is 0.308. The highest BCUT2D eigenvalue weighted by atomic mass is 19.4. The molecular weight excluding hydrogens is 647 g/mol. The average molecular weight is 688 g/mol. The summed E-state index contributed by atoms with van der Waals surface area (Å²) in [7, 11) is 1.57. The van der Waals surface area contributed by atoms with Crippen molar-refractivity contribution in [3.05, 3.63) is 119 Å².